The summed E-state index contributed by atoms with van der Waals surface area (Å²) in [6.45, 7) is 14.9. The molecule has 0 aliphatic carbocycles. The van der Waals surface area contributed by atoms with E-state index in [2.05, 4.69) is 57.8 Å². The van der Waals surface area contributed by atoms with Gasteiger partial charge in [0.2, 0.25) is 0 Å². The third-order valence-electron chi connectivity index (χ3n) is 2.80. The molecule has 1 unspecified atom stereocenters. The first-order chi connectivity index (χ1) is 7.80. The summed E-state index contributed by atoms with van der Waals surface area (Å²) in [5, 5.41) is 3.48. The molecule has 0 rings (SSSR count). The van der Waals surface area contributed by atoms with Crippen molar-refractivity contribution in [2.24, 2.45) is 0 Å². The highest BCUT2D eigenvalue weighted by Crippen LogP contribution is 2.10. The molecule has 0 spiro atoms. The summed E-state index contributed by atoms with van der Waals surface area (Å²) >= 11 is 1.92. The zero-order valence-electron chi connectivity index (χ0n) is 12.5. The van der Waals surface area contributed by atoms with E-state index in [1.807, 2.05) is 11.8 Å². The van der Waals surface area contributed by atoms with Crippen molar-refractivity contribution in [3.05, 3.63) is 12.2 Å². The van der Waals surface area contributed by atoms with Gasteiger partial charge in [-0.3, -0.25) is 4.90 Å². The lowest BCUT2D eigenvalue weighted by Crippen LogP contribution is -2.40. The topological polar surface area (TPSA) is 15.3 Å². The second kappa shape index (κ2) is 8.17. The first kappa shape index (κ1) is 17.0. The molecule has 0 amide bonds. The van der Waals surface area contributed by atoms with Crippen molar-refractivity contribution in [3.63, 3.8) is 0 Å². The molecule has 0 aliphatic rings. The minimum absolute atomic E-state index is 0.172. The van der Waals surface area contributed by atoms with Crippen LogP contribution in [0.1, 0.15) is 34.1 Å². The van der Waals surface area contributed by atoms with Gasteiger partial charge in [-0.1, -0.05) is 13.5 Å². The van der Waals surface area contributed by atoms with Gasteiger partial charge in [-0.25, -0.2) is 0 Å². The summed E-state index contributed by atoms with van der Waals surface area (Å²) in [6.07, 6.45) is 3.38. The number of hydrogen-bond donors (Lipinski definition) is 1. The molecular formula is C14H30N2S. The number of nitrogens with zero attached hydrogens (tertiary/aromatic N) is 1. The molecule has 0 aromatic heterocycles. The van der Waals surface area contributed by atoms with Crippen LogP contribution in [0.25, 0.3) is 0 Å². The summed E-state index contributed by atoms with van der Waals surface area (Å²) in [4.78, 5) is 2.42. The Morgan fingerprint density at radius 3 is 2.41 bits per heavy atom. The second-order valence-corrected chi connectivity index (χ2v) is 6.70. The van der Waals surface area contributed by atoms with Crippen LogP contribution < -0.4 is 5.32 Å². The van der Waals surface area contributed by atoms with Gasteiger partial charge in [-0.05, 0) is 46.1 Å². The Bertz CT molecular complexity index is 221. The number of rotatable bonds is 8. The second-order valence-electron chi connectivity index (χ2n) is 5.79. The molecule has 0 radical (unpaired) electrons. The molecule has 0 heterocycles. The van der Waals surface area contributed by atoms with E-state index in [-0.39, 0.29) is 5.54 Å². The van der Waals surface area contributed by atoms with Crippen LogP contribution in [0.2, 0.25) is 0 Å². The van der Waals surface area contributed by atoms with Gasteiger partial charge in [0.05, 0.1) is 0 Å². The van der Waals surface area contributed by atoms with Crippen LogP contribution in [0.3, 0.4) is 0 Å². The molecule has 0 aromatic carbocycles. The highest BCUT2D eigenvalue weighted by atomic mass is 32.2. The van der Waals surface area contributed by atoms with Gasteiger partial charge in [0, 0.05) is 30.4 Å². The molecule has 1 atom stereocenters. The predicted molar refractivity (Wildman–Crippen MR) is 82.0 cm³/mol. The Labute approximate surface area is 112 Å². The van der Waals surface area contributed by atoms with Crippen LogP contribution >= 0.6 is 11.8 Å². The van der Waals surface area contributed by atoms with Crippen molar-refractivity contribution in [2.75, 3.05) is 32.1 Å². The van der Waals surface area contributed by atoms with E-state index >= 15 is 0 Å². The fraction of sp³-hybridized carbons (Fsp3) is 0.857. The molecule has 1 N–H and O–H groups in total. The van der Waals surface area contributed by atoms with Gasteiger partial charge in [-0.15, -0.1) is 0 Å². The molecule has 0 saturated heterocycles. The van der Waals surface area contributed by atoms with Gasteiger partial charge in [-0.2, -0.15) is 11.8 Å². The minimum Gasteiger partial charge on any atom is -0.308 e. The lowest BCUT2D eigenvalue weighted by Gasteiger charge is -2.28. The Hall–Kier alpha value is 0.0100. The fourth-order valence-corrected chi connectivity index (χ4v) is 2.55. The van der Waals surface area contributed by atoms with Crippen LogP contribution in [-0.2, 0) is 0 Å². The van der Waals surface area contributed by atoms with Gasteiger partial charge < -0.3 is 5.32 Å². The van der Waals surface area contributed by atoms with Crippen LogP contribution in [0, 0.1) is 0 Å². The molecule has 3 heteroatoms. The maximum atomic E-state index is 4.16. The molecule has 0 fully saturated rings. The molecule has 0 aromatic rings. The van der Waals surface area contributed by atoms with E-state index in [9.17, 15) is 0 Å². The highest BCUT2D eigenvalue weighted by molar-refractivity contribution is 7.98. The summed E-state index contributed by atoms with van der Waals surface area (Å²) in [5.41, 5.74) is 1.44. The average Bonchev–Trinajstić information content (AvgIpc) is 2.22. The van der Waals surface area contributed by atoms with Crippen molar-refractivity contribution >= 4 is 11.8 Å². The molecule has 102 valence electrons. The quantitative estimate of drug-likeness (QED) is 0.674. The van der Waals surface area contributed by atoms with E-state index < -0.39 is 0 Å². The molecule has 0 aliphatic heterocycles. The highest BCUT2D eigenvalue weighted by Gasteiger charge is 2.14. The molecule has 0 bridgehead atoms. The van der Waals surface area contributed by atoms with E-state index in [0.717, 1.165) is 13.1 Å². The Morgan fingerprint density at radius 2 is 2.00 bits per heavy atom. The Balaban J connectivity index is 4.01. The average molecular weight is 258 g/mol. The van der Waals surface area contributed by atoms with Gasteiger partial charge >= 0.3 is 0 Å². The van der Waals surface area contributed by atoms with Crippen LogP contribution in [-0.4, -0.2) is 48.6 Å². The van der Waals surface area contributed by atoms with Crippen molar-refractivity contribution < 1.29 is 0 Å². The predicted octanol–water partition coefficient (Wildman–Crippen LogP) is 3.00. The first-order valence-electron chi connectivity index (χ1n) is 6.41. The lowest BCUT2D eigenvalue weighted by molar-refractivity contribution is 0.273. The summed E-state index contributed by atoms with van der Waals surface area (Å²) in [7, 11) is 2.20. The molecular weight excluding hydrogens is 228 g/mol. The third-order valence-corrected chi connectivity index (χ3v) is 3.51. The van der Waals surface area contributed by atoms with Gasteiger partial charge in [0.25, 0.3) is 0 Å². The molecule has 17 heavy (non-hydrogen) atoms. The van der Waals surface area contributed by atoms with Crippen molar-refractivity contribution in [2.45, 2.75) is 45.7 Å². The van der Waals surface area contributed by atoms with E-state index in [1.165, 1.54) is 17.7 Å². The number of likely N-dealkylation sites (N-methyl/N-ethyl adjacent to an activating group) is 1. The zero-order chi connectivity index (χ0) is 13.5. The Kier molecular flexibility index (Phi) is 8.18. The van der Waals surface area contributed by atoms with Crippen molar-refractivity contribution in [3.8, 4) is 0 Å². The van der Waals surface area contributed by atoms with Crippen molar-refractivity contribution in [1.29, 1.82) is 0 Å². The third kappa shape index (κ3) is 8.70. The smallest absolute Gasteiger partial charge is 0.0203 e. The van der Waals surface area contributed by atoms with E-state index in [4.69, 9.17) is 0 Å². The van der Waals surface area contributed by atoms with Crippen LogP contribution in [0.15, 0.2) is 12.2 Å². The lowest BCUT2D eigenvalue weighted by atomic mass is 10.1. The van der Waals surface area contributed by atoms with E-state index in [1.54, 1.807) is 0 Å². The van der Waals surface area contributed by atoms with Crippen LogP contribution in [0.4, 0.5) is 0 Å². The summed E-state index contributed by atoms with van der Waals surface area (Å²) in [5.74, 6) is 1.20. The number of nitrogens with one attached hydrogen (secondary N) is 1. The van der Waals surface area contributed by atoms with E-state index in [0.29, 0.717) is 6.04 Å². The normalized spacial score (nSPS) is 14.1. The first-order valence-corrected chi connectivity index (χ1v) is 7.80. The molecule has 2 nitrogen and oxygen atoms in total. The monoisotopic (exact) mass is 258 g/mol. The minimum atomic E-state index is 0.172. The van der Waals surface area contributed by atoms with Crippen molar-refractivity contribution in [1.82, 2.24) is 10.2 Å². The van der Waals surface area contributed by atoms with Gasteiger partial charge in [0.15, 0.2) is 0 Å². The van der Waals surface area contributed by atoms with Gasteiger partial charge in [0.1, 0.15) is 0 Å². The fourth-order valence-electron chi connectivity index (χ4n) is 1.68. The molecule has 0 saturated carbocycles. The SMILES string of the molecule is C=C(CNC(C)(C)C)CN(C)C(CC)CSC. The largest absolute Gasteiger partial charge is 0.308 e. The summed E-state index contributed by atoms with van der Waals surface area (Å²) < 4.78 is 0. The maximum Gasteiger partial charge on any atom is 0.0203 e. The van der Waals surface area contributed by atoms with Crippen LogP contribution in [0.5, 0.6) is 0 Å². The standard InChI is InChI=1S/C14H30N2S/c1-8-13(11-17-7)16(6)10-12(2)9-15-14(3,4)5/h13,15H,2,8-11H2,1,3-7H3. The number of hydrogen-bond acceptors (Lipinski definition) is 3. The Morgan fingerprint density at radius 1 is 1.41 bits per heavy atom. The number of thioether (sulfide) groups is 1. The zero-order valence-corrected chi connectivity index (χ0v) is 13.3. The maximum absolute atomic E-state index is 4.16. The summed E-state index contributed by atoms with van der Waals surface area (Å²) in [6, 6.07) is 0.663.